The highest BCUT2D eigenvalue weighted by Gasteiger charge is 2.33. The number of benzene rings is 3. The summed E-state index contributed by atoms with van der Waals surface area (Å²) in [5, 5.41) is 0.456. The maximum absolute atomic E-state index is 13.3. The van der Waals surface area contributed by atoms with Crippen LogP contribution in [-0.4, -0.2) is 20.2 Å². The van der Waals surface area contributed by atoms with Crippen molar-refractivity contribution in [1.82, 2.24) is 4.72 Å². The third-order valence-corrected chi connectivity index (χ3v) is 7.27. The average Bonchev–Trinajstić information content (AvgIpc) is 2.72. The molecule has 0 saturated carbocycles. The molecule has 0 amide bonds. The van der Waals surface area contributed by atoms with Crippen molar-refractivity contribution < 1.29 is 17.6 Å². The van der Waals surface area contributed by atoms with Gasteiger partial charge in [0.15, 0.2) is 5.78 Å². The number of aryl methyl sites for hydroxylation is 1. The van der Waals surface area contributed by atoms with E-state index < -0.39 is 32.5 Å². The maximum Gasteiger partial charge on any atom is 0.241 e. The maximum atomic E-state index is 13.3. The first-order chi connectivity index (χ1) is 14.2. The Kier molecular flexibility index (Phi) is 7.08. The highest BCUT2D eigenvalue weighted by Crippen LogP contribution is 2.30. The molecular weight excluding hydrogens is 493 g/mol. The van der Waals surface area contributed by atoms with Crippen LogP contribution in [-0.2, 0) is 10.0 Å². The second-order valence-electron chi connectivity index (χ2n) is 6.74. The predicted molar refractivity (Wildman–Crippen MR) is 119 cm³/mol. The van der Waals surface area contributed by atoms with E-state index >= 15 is 0 Å². The first-order valence-corrected chi connectivity index (χ1v) is 11.7. The summed E-state index contributed by atoms with van der Waals surface area (Å²) < 4.78 is 41.8. The van der Waals surface area contributed by atoms with E-state index in [1.54, 1.807) is 24.3 Å². The molecule has 2 atom stereocenters. The highest BCUT2D eigenvalue weighted by atomic mass is 79.9. The number of hydrogen-bond acceptors (Lipinski definition) is 3. The van der Waals surface area contributed by atoms with E-state index in [0.717, 1.165) is 5.56 Å². The van der Waals surface area contributed by atoms with E-state index in [9.17, 15) is 17.6 Å². The fourth-order valence-electron chi connectivity index (χ4n) is 2.83. The number of carbonyl (C=O) groups excluding carboxylic acids is 1. The molecule has 0 aliphatic rings. The summed E-state index contributed by atoms with van der Waals surface area (Å²) >= 11 is 9.33. The number of alkyl halides is 1. The second kappa shape index (κ2) is 9.39. The van der Waals surface area contributed by atoms with Gasteiger partial charge in [-0.05, 0) is 61.0 Å². The van der Waals surface area contributed by atoms with E-state index in [1.165, 1.54) is 48.5 Å². The molecule has 3 rings (SSSR count). The molecular formula is C22H18BrClFNO3S. The molecule has 0 aromatic heterocycles. The molecule has 0 saturated heterocycles. The second-order valence-corrected chi connectivity index (χ2v) is 9.87. The van der Waals surface area contributed by atoms with E-state index in [2.05, 4.69) is 20.7 Å². The summed E-state index contributed by atoms with van der Waals surface area (Å²) in [5.41, 5.74) is 1.75. The van der Waals surface area contributed by atoms with Crippen LogP contribution in [0.4, 0.5) is 4.39 Å². The van der Waals surface area contributed by atoms with Gasteiger partial charge < -0.3 is 0 Å². The van der Waals surface area contributed by atoms with Crippen LogP contribution in [0.2, 0.25) is 5.02 Å². The number of halogens is 3. The molecule has 0 fully saturated rings. The Morgan fingerprint density at radius 2 is 1.53 bits per heavy atom. The molecule has 156 valence electrons. The van der Waals surface area contributed by atoms with Crippen molar-refractivity contribution in [3.05, 3.63) is 100 Å². The molecule has 3 aromatic rings. The van der Waals surface area contributed by atoms with Crippen molar-refractivity contribution in [3.8, 4) is 0 Å². The molecule has 0 radical (unpaired) electrons. The minimum absolute atomic E-state index is 0.0424. The van der Waals surface area contributed by atoms with Crippen LogP contribution in [0.3, 0.4) is 0 Å². The zero-order chi connectivity index (χ0) is 21.9. The van der Waals surface area contributed by atoms with Gasteiger partial charge in [-0.2, -0.15) is 4.72 Å². The average molecular weight is 511 g/mol. The Morgan fingerprint density at radius 3 is 2.10 bits per heavy atom. The molecule has 3 aromatic carbocycles. The fourth-order valence-corrected chi connectivity index (χ4v) is 5.02. The topological polar surface area (TPSA) is 63.2 Å². The number of ketones is 1. The normalized spacial score (nSPS) is 13.6. The van der Waals surface area contributed by atoms with Gasteiger partial charge in [0.1, 0.15) is 11.9 Å². The zero-order valence-corrected chi connectivity index (χ0v) is 19.0. The Hall–Kier alpha value is -2.06. The third kappa shape index (κ3) is 5.35. The van der Waals surface area contributed by atoms with Crippen molar-refractivity contribution >= 4 is 43.3 Å². The lowest BCUT2D eigenvalue weighted by Crippen LogP contribution is -2.43. The lowest BCUT2D eigenvalue weighted by atomic mass is 9.98. The molecule has 0 bridgehead atoms. The van der Waals surface area contributed by atoms with Crippen LogP contribution < -0.4 is 4.72 Å². The SMILES string of the molecule is Cc1ccc(S(=O)(=O)NC(C(=O)c2ccc(Cl)cc2)C(Br)c2ccc(F)cc2)cc1. The van der Waals surface area contributed by atoms with E-state index in [-0.39, 0.29) is 4.90 Å². The summed E-state index contributed by atoms with van der Waals surface area (Å²) in [4.78, 5) is 12.5. The first kappa shape index (κ1) is 22.6. The van der Waals surface area contributed by atoms with Gasteiger partial charge in [0.05, 0.1) is 9.72 Å². The Morgan fingerprint density at radius 1 is 0.967 bits per heavy atom. The van der Waals surface area contributed by atoms with E-state index in [4.69, 9.17) is 11.6 Å². The molecule has 8 heteroatoms. The quantitative estimate of drug-likeness (QED) is 0.339. The summed E-state index contributed by atoms with van der Waals surface area (Å²) in [6.45, 7) is 1.85. The number of nitrogens with one attached hydrogen (secondary N) is 1. The molecule has 2 unspecified atom stereocenters. The molecule has 0 aliphatic heterocycles. The van der Waals surface area contributed by atoms with Gasteiger partial charge in [-0.1, -0.05) is 57.4 Å². The first-order valence-electron chi connectivity index (χ1n) is 8.96. The number of rotatable bonds is 7. The standard InChI is InChI=1S/C22H18BrClFNO3S/c1-14-2-12-19(13-3-14)30(28,29)26-21(20(23)15-6-10-18(25)11-7-15)22(27)16-4-8-17(24)9-5-16/h2-13,20-21,26H,1H3. The van der Waals surface area contributed by atoms with Crippen LogP contribution in [0.25, 0.3) is 0 Å². The molecule has 30 heavy (non-hydrogen) atoms. The van der Waals surface area contributed by atoms with Crippen LogP contribution >= 0.6 is 27.5 Å². The van der Waals surface area contributed by atoms with Crippen LogP contribution in [0.1, 0.15) is 26.3 Å². The van der Waals surface area contributed by atoms with Gasteiger partial charge in [-0.15, -0.1) is 0 Å². The minimum Gasteiger partial charge on any atom is -0.292 e. The highest BCUT2D eigenvalue weighted by molar-refractivity contribution is 9.09. The third-order valence-electron chi connectivity index (χ3n) is 4.51. The molecule has 0 heterocycles. The molecule has 0 spiro atoms. The van der Waals surface area contributed by atoms with E-state index in [1.807, 2.05) is 6.92 Å². The predicted octanol–water partition coefficient (Wildman–Crippen LogP) is 5.45. The van der Waals surface area contributed by atoms with Crippen molar-refractivity contribution in [2.24, 2.45) is 0 Å². The number of Topliss-reactive ketones (excluding diaryl/α,β-unsaturated/α-hetero) is 1. The van der Waals surface area contributed by atoms with Gasteiger partial charge in [0, 0.05) is 10.6 Å². The largest absolute Gasteiger partial charge is 0.292 e. The van der Waals surface area contributed by atoms with Gasteiger partial charge in [0.25, 0.3) is 0 Å². The summed E-state index contributed by atoms with van der Waals surface area (Å²) in [6, 6.07) is 16.8. The number of sulfonamides is 1. The molecule has 4 nitrogen and oxygen atoms in total. The van der Waals surface area contributed by atoms with Gasteiger partial charge >= 0.3 is 0 Å². The van der Waals surface area contributed by atoms with Crippen LogP contribution in [0.5, 0.6) is 0 Å². The van der Waals surface area contributed by atoms with Gasteiger partial charge in [-0.25, -0.2) is 12.8 Å². The van der Waals surface area contributed by atoms with Crippen molar-refractivity contribution in [2.75, 3.05) is 0 Å². The Bertz CT molecular complexity index is 1130. The number of carbonyl (C=O) groups is 1. The smallest absolute Gasteiger partial charge is 0.241 e. The summed E-state index contributed by atoms with van der Waals surface area (Å²) in [7, 11) is -4.00. The van der Waals surface area contributed by atoms with Gasteiger partial charge in [-0.3, -0.25) is 4.79 Å². The molecule has 1 N–H and O–H groups in total. The lowest BCUT2D eigenvalue weighted by Gasteiger charge is -2.23. The summed E-state index contributed by atoms with van der Waals surface area (Å²) in [5.74, 6) is -0.882. The monoisotopic (exact) mass is 509 g/mol. The van der Waals surface area contributed by atoms with Gasteiger partial charge in [0.2, 0.25) is 10.0 Å². The number of hydrogen-bond donors (Lipinski definition) is 1. The van der Waals surface area contributed by atoms with E-state index in [0.29, 0.717) is 16.1 Å². The Labute approximate surface area is 188 Å². The minimum atomic E-state index is -4.00. The van der Waals surface area contributed by atoms with Crippen LogP contribution in [0, 0.1) is 12.7 Å². The fraction of sp³-hybridized carbons (Fsp3) is 0.136. The van der Waals surface area contributed by atoms with Crippen molar-refractivity contribution in [3.63, 3.8) is 0 Å². The van der Waals surface area contributed by atoms with Crippen molar-refractivity contribution in [1.29, 1.82) is 0 Å². The van der Waals surface area contributed by atoms with Crippen molar-refractivity contribution in [2.45, 2.75) is 22.7 Å². The van der Waals surface area contributed by atoms with Crippen LogP contribution in [0.15, 0.2) is 77.7 Å². The molecule has 0 aliphatic carbocycles. The Balaban J connectivity index is 1.99. The zero-order valence-electron chi connectivity index (χ0n) is 15.8. The summed E-state index contributed by atoms with van der Waals surface area (Å²) in [6.07, 6.45) is 0. The lowest BCUT2D eigenvalue weighted by molar-refractivity contribution is 0.0952.